The van der Waals surface area contributed by atoms with Crippen LogP contribution in [0.3, 0.4) is 0 Å². The zero-order valence-electron chi connectivity index (χ0n) is 9.70. The summed E-state index contributed by atoms with van der Waals surface area (Å²) in [5.41, 5.74) is 0.0927. The van der Waals surface area contributed by atoms with Gasteiger partial charge in [-0.15, -0.1) is 0 Å². The molecule has 0 aromatic heterocycles. The van der Waals surface area contributed by atoms with Gasteiger partial charge in [0.05, 0.1) is 20.8 Å². The number of carbonyl (C=O) groups is 1. The van der Waals surface area contributed by atoms with Gasteiger partial charge in [0, 0.05) is 5.54 Å². The van der Waals surface area contributed by atoms with E-state index in [9.17, 15) is 4.79 Å². The highest BCUT2D eigenvalue weighted by atomic mass is 35.5. The minimum absolute atomic E-state index is 0.327. The second kappa shape index (κ2) is 5.34. The topological polar surface area (TPSA) is 41.1 Å². The number of halogens is 3. The summed E-state index contributed by atoms with van der Waals surface area (Å²) in [6.07, 6.45) is 0. The van der Waals surface area contributed by atoms with Crippen molar-refractivity contribution in [3.05, 3.63) is 27.2 Å². The van der Waals surface area contributed by atoms with E-state index in [-0.39, 0.29) is 11.6 Å². The molecule has 0 saturated carbocycles. The monoisotopic (exact) mass is 294 g/mol. The van der Waals surface area contributed by atoms with Crippen molar-refractivity contribution >= 4 is 46.5 Å². The van der Waals surface area contributed by atoms with E-state index in [0.717, 1.165) is 0 Å². The van der Waals surface area contributed by atoms with E-state index in [4.69, 9.17) is 34.8 Å². The second-order valence-electron chi connectivity index (χ2n) is 4.58. The van der Waals surface area contributed by atoms with Crippen LogP contribution < -0.4 is 10.6 Å². The quantitative estimate of drug-likeness (QED) is 0.732. The van der Waals surface area contributed by atoms with Gasteiger partial charge in [0.2, 0.25) is 0 Å². The molecule has 2 N–H and O–H groups in total. The lowest BCUT2D eigenvalue weighted by Gasteiger charge is -2.21. The Kier molecular flexibility index (Phi) is 4.53. The van der Waals surface area contributed by atoms with E-state index in [1.807, 2.05) is 20.8 Å². The Balaban J connectivity index is 2.82. The lowest BCUT2D eigenvalue weighted by Crippen LogP contribution is -2.43. The Morgan fingerprint density at radius 1 is 1.06 bits per heavy atom. The average molecular weight is 296 g/mol. The molecule has 0 atom stereocenters. The molecule has 1 aromatic carbocycles. The van der Waals surface area contributed by atoms with Gasteiger partial charge in [-0.1, -0.05) is 34.8 Å². The highest BCUT2D eigenvalue weighted by Crippen LogP contribution is 2.32. The van der Waals surface area contributed by atoms with Gasteiger partial charge >= 0.3 is 6.03 Å². The molecule has 0 heterocycles. The number of hydrogen-bond acceptors (Lipinski definition) is 1. The summed E-state index contributed by atoms with van der Waals surface area (Å²) in [5.74, 6) is 0. The Morgan fingerprint density at radius 2 is 1.59 bits per heavy atom. The van der Waals surface area contributed by atoms with Gasteiger partial charge in [0.1, 0.15) is 0 Å². The molecule has 94 valence electrons. The van der Waals surface area contributed by atoms with Crippen molar-refractivity contribution in [2.75, 3.05) is 5.32 Å². The Labute approximate surface area is 115 Å². The number of amides is 2. The molecule has 0 aliphatic carbocycles. The first kappa shape index (κ1) is 14.4. The third-order valence-corrected chi connectivity index (χ3v) is 2.78. The maximum absolute atomic E-state index is 11.6. The molecule has 0 aliphatic heterocycles. The van der Waals surface area contributed by atoms with Crippen LogP contribution in [0.4, 0.5) is 10.5 Å². The number of hydrogen-bond donors (Lipinski definition) is 2. The van der Waals surface area contributed by atoms with E-state index < -0.39 is 0 Å². The van der Waals surface area contributed by atoms with Crippen LogP contribution >= 0.6 is 34.8 Å². The first-order valence-corrected chi connectivity index (χ1v) is 6.06. The molecular weight excluding hydrogens is 282 g/mol. The smallest absolute Gasteiger partial charge is 0.319 e. The molecule has 0 radical (unpaired) electrons. The van der Waals surface area contributed by atoms with Gasteiger partial charge in [-0.05, 0) is 32.9 Å². The SMILES string of the molecule is CC(C)(C)NC(=O)Nc1cc(Cl)c(Cl)cc1Cl. The zero-order valence-corrected chi connectivity index (χ0v) is 12.0. The number of carbonyl (C=O) groups excluding carboxylic acids is 1. The molecule has 0 saturated heterocycles. The Morgan fingerprint density at radius 3 is 2.12 bits per heavy atom. The molecular formula is C11H13Cl3N2O. The number of rotatable bonds is 1. The lowest BCUT2D eigenvalue weighted by molar-refractivity contribution is 0.244. The lowest BCUT2D eigenvalue weighted by atomic mass is 10.1. The zero-order chi connectivity index (χ0) is 13.2. The summed E-state index contributed by atoms with van der Waals surface area (Å²) >= 11 is 17.6. The standard InChI is InChI=1S/C11H13Cl3N2O/c1-11(2,3)16-10(17)15-9-5-7(13)6(12)4-8(9)14/h4-5H,1-3H3,(H2,15,16,17). The average Bonchev–Trinajstić information content (AvgIpc) is 2.11. The van der Waals surface area contributed by atoms with Crippen LogP contribution in [0.15, 0.2) is 12.1 Å². The summed E-state index contributed by atoms with van der Waals surface area (Å²) in [4.78, 5) is 11.6. The minimum atomic E-state index is -0.349. The van der Waals surface area contributed by atoms with Crippen molar-refractivity contribution in [2.45, 2.75) is 26.3 Å². The third-order valence-electron chi connectivity index (χ3n) is 1.75. The molecule has 1 rings (SSSR count). The maximum Gasteiger partial charge on any atom is 0.319 e. The van der Waals surface area contributed by atoms with E-state index in [1.165, 1.54) is 12.1 Å². The summed E-state index contributed by atoms with van der Waals surface area (Å²) in [6.45, 7) is 5.63. The first-order valence-electron chi connectivity index (χ1n) is 4.93. The van der Waals surface area contributed by atoms with Crippen LogP contribution in [0.25, 0.3) is 0 Å². The van der Waals surface area contributed by atoms with Crippen molar-refractivity contribution < 1.29 is 4.79 Å². The van der Waals surface area contributed by atoms with Gasteiger partial charge in [-0.25, -0.2) is 4.79 Å². The highest BCUT2D eigenvalue weighted by Gasteiger charge is 2.15. The second-order valence-corrected chi connectivity index (χ2v) is 5.80. The molecule has 6 heteroatoms. The predicted molar refractivity (Wildman–Crippen MR) is 73.4 cm³/mol. The number of anilines is 1. The molecule has 0 aliphatic rings. The van der Waals surface area contributed by atoms with E-state index in [0.29, 0.717) is 20.8 Å². The van der Waals surface area contributed by atoms with Crippen molar-refractivity contribution in [1.82, 2.24) is 5.32 Å². The largest absolute Gasteiger partial charge is 0.333 e. The maximum atomic E-state index is 11.6. The summed E-state index contributed by atoms with van der Waals surface area (Å²) in [6, 6.07) is 2.64. The molecule has 0 bridgehead atoms. The number of urea groups is 1. The summed E-state index contributed by atoms with van der Waals surface area (Å²) in [7, 11) is 0. The molecule has 0 unspecified atom stereocenters. The van der Waals surface area contributed by atoms with E-state index in [2.05, 4.69) is 10.6 Å². The fourth-order valence-corrected chi connectivity index (χ4v) is 1.71. The summed E-state index contributed by atoms with van der Waals surface area (Å²) in [5, 5.41) is 6.37. The van der Waals surface area contributed by atoms with Gasteiger partial charge < -0.3 is 10.6 Å². The van der Waals surface area contributed by atoms with Gasteiger partial charge in [0.15, 0.2) is 0 Å². The molecule has 17 heavy (non-hydrogen) atoms. The normalized spacial score (nSPS) is 11.2. The third kappa shape index (κ3) is 4.62. The van der Waals surface area contributed by atoms with Crippen molar-refractivity contribution in [1.29, 1.82) is 0 Å². The Bertz CT molecular complexity index is 441. The van der Waals surface area contributed by atoms with Crippen LogP contribution in [0, 0.1) is 0 Å². The first-order chi connectivity index (χ1) is 7.69. The van der Waals surface area contributed by atoms with Crippen LogP contribution in [-0.4, -0.2) is 11.6 Å². The summed E-state index contributed by atoms with van der Waals surface area (Å²) < 4.78 is 0. The minimum Gasteiger partial charge on any atom is -0.333 e. The fourth-order valence-electron chi connectivity index (χ4n) is 1.11. The predicted octanol–water partition coefficient (Wildman–Crippen LogP) is 4.57. The molecule has 0 spiro atoms. The van der Waals surface area contributed by atoms with Gasteiger partial charge in [-0.3, -0.25) is 0 Å². The number of nitrogens with one attached hydrogen (secondary N) is 2. The van der Waals surface area contributed by atoms with Gasteiger partial charge in [0.25, 0.3) is 0 Å². The van der Waals surface area contributed by atoms with Crippen LogP contribution in [0.1, 0.15) is 20.8 Å². The molecule has 1 aromatic rings. The molecule has 2 amide bonds. The van der Waals surface area contributed by atoms with Crippen LogP contribution in [0.5, 0.6) is 0 Å². The van der Waals surface area contributed by atoms with E-state index in [1.54, 1.807) is 0 Å². The van der Waals surface area contributed by atoms with Crippen LogP contribution in [0.2, 0.25) is 15.1 Å². The Hall–Kier alpha value is -0.640. The molecule has 3 nitrogen and oxygen atoms in total. The van der Waals surface area contributed by atoms with E-state index >= 15 is 0 Å². The highest BCUT2D eigenvalue weighted by molar-refractivity contribution is 6.44. The van der Waals surface area contributed by atoms with Crippen LogP contribution in [-0.2, 0) is 0 Å². The van der Waals surface area contributed by atoms with Crippen molar-refractivity contribution in [2.24, 2.45) is 0 Å². The van der Waals surface area contributed by atoms with Crippen molar-refractivity contribution in [3.8, 4) is 0 Å². The number of benzene rings is 1. The van der Waals surface area contributed by atoms with Crippen molar-refractivity contribution in [3.63, 3.8) is 0 Å². The van der Waals surface area contributed by atoms with Gasteiger partial charge in [-0.2, -0.15) is 0 Å². The fraction of sp³-hybridized carbons (Fsp3) is 0.364. The molecule has 0 fully saturated rings.